The number of carbonyl (C=O) groups is 1. The molecular formula is C19H14ClN5O4S. The van der Waals surface area contributed by atoms with Crippen LogP contribution in [0.5, 0.6) is 0 Å². The van der Waals surface area contributed by atoms with E-state index >= 15 is 0 Å². The van der Waals surface area contributed by atoms with Gasteiger partial charge in [0.15, 0.2) is 11.3 Å². The van der Waals surface area contributed by atoms with Crippen LogP contribution in [0.4, 0.5) is 5.95 Å². The van der Waals surface area contributed by atoms with Crippen molar-refractivity contribution in [1.82, 2.24) is 15.1 Å². The Morgan fingerprint density at radius 1 is 1.37 bits per heavy atom. The number of halogens is 1. The van der Waals surface area contributed by atoms with E-state index in [1.807, 2.05) is 0 Å². The highest BCUT2D eigenvalue weighted by atomic mass is 35.5. The molecule has 2 N–H and O–H groups in total. The molecule has 0 saturated carbocycles. The number of aryl methyl sites for hydroxylation is 1. The Morgan fingerprint density at radius 2 is 2.13 bits per heavy atom. The van der Waals surface area contributed by atoms with E-state index in [0.29, 0.717) is 21.2 Å². The minimum Gasteiger partial charge on any atom is -0.506 e. The van der Waals surface area contributed by atoms with Crippen LogP contribution in [-0.2, 0) is 15.6 Å². The van der Waals surface area contributed by atoms with Gasteiger partial charge in [0.05, 0.1) is 33.1 Å². The number of amides is 1. The number of nitrogens with zero attached hydrogens (tertiary/aromatic N) is 4. The summed E-state index contributed by atoms with van der Waals surface area (Å²) in [7, 11) is -1.41. The van der Waals surface area contributed by atoms with E-state index in [1.165, 1.54) is 25.6 Å². The Kier molecular flexibility index (Phi) is 6.25. The van der Waals surface area contributed by atoms with E-state index < -0.39 is 28.0 Å². The first-order valence-electron chi connectivity index (χ1n) is 8.34. The molecule has 11 heteroatoms. The van der Waals surface area contributed by atoms with Crippen LogP contribution < -0.4 is 5.32 Å². The van der Waals surface area contributed by atoms with Crippen LogP contribution in [0, 0.1) is 18.3 Å². The van der Waals surface area contributed by atoms with Gasteiger partial charge in [-0.15, -0.1) is 0 Å². The predicted molar refractivity (Wildman–Crippen MR) is 110 cm³/mol. The normalized spacial score (nSPS) is 12.6. The molecule has 152 valence electrons. The molecule has 0 aliphatic rings. The summed E-state index contributed by atoms with van der Waals surface area (Å²) < 4.78 is 16.9. The van der Waals surface area contributed by atoms with Crippen molar-refractivity contribution in [3.8, 4) is 17.3 Å². The van der Waals surface area contributed by atoms with E-state index in [-0.39, 0.29) is 17.3 Å². The molecule has 3 rings (SSSR count). The zero-order valence-electron chi connectivity index (χ0n) is 15.7. The molecule has 1 unspecified atom stereocenters. The number of hydrogen-bond donors (Lipinski definition) is 2. The number of aliphatic hydroxyl groups is 1. The van der Waals surface area contributed by atoms with Gasteiger partial charge in [0.25, 0.3) is 5.91 Å². The lowest BCUT2D eigenvalue weighted by molar-refractivity contribution is -0.112. The van der Waals surface area contributed by atoms with Gasteiger partial charge in [-0.2, -0.15) is 5.26 Å². The summed E-state index contributed by atoms with van der Waals surface area (Å²) in [6.07, 6.45) is 3.98. The van der Waals surface area contributed by atoms with E-state index in [1.54, 1.807) is 30.3 Å². The van der Waals surface area contributed by atoms with Gasteiger partial charge in [0, 0.05) is 23.0 Å². The molecule has 0 saturated heterocycles. The summed E-state index contributed by atoms with van der Waals surface area (Å²) in [6, 6.07) is 8.38. The predicted octanol–water partition coefficient (Wildman–Crippen LogP) is 3.26. The topological polar surface area (TPSA) is 142 Å². The Hall–Kier alpha value is -3.55. The van der Waals surface area contributed by atoms with E-state index in [2.05, 4.69) is 20.4 Å². The second-order valence-corrected chi connectivity index (χ2v) is 7.74. The average Bonchev–Trinajstić information content (AvgIpc) is 3.14. The molecule has 30 heavy (non-hydrogen) atoms. The van der Waals surface area contributed by atoms with E-state index in [4.69, 9.17) is 16.1 Å². The third kappa shape index (κ3) is 4.37. The van der Waals surface area contributed by atoms with E-state index in [0.717, 1.165) is 0 Å². The van der Waals surface area contributed by atoms with Gasteiger partial charge in [-0.3, -0.25) is 14.3 Å². The second-order valence-electron chi connectivity index (χ2n) is 5.96. The number of aromatic nitrogens is 3. The lowest BCUT2D eigenvalue weighted by atomic mass is 10.1. The zero-order valence-corrected chi connectivity index (χ0v) is 17.3. The van der Waals surface area contributed by atoms with Crippen LogP contribution in [-0.4, -0.2) is 36.6 Å². The lowest BCUT2D eigenvalue weighted by Crippen LogP contribution is -2.17. The third-order valence-electron chi connectivity index (χ3n) is 3.97. The fourth-order valence-corrected chi connectivity index (χ4v) is 3.35. The molecule has 9 nitrogen and oxygen atoms in total. The molecule has 3 aromatic rings. The summed E-state index contributed by atoms with van der Waals surface area (Å²) in [4.78, 5) is 21.1. The second kappa shape index (κ2) is 8.86. The number of benzene rings is 1. The van der Waals surface area contributed by atoms with Gasteiger partial charge in [0.1, 0.15) is 11.8 Å². The largest absolute Gasteiger partial charge is 0.506 e. The zero-order chi connectivity index (χ0) is 21.8. The fourth-order valence-electron chi connectivity index (χ4n) is 2.52. The van der Waals surface area contributed by atoms with Crippen molar-refractivity contribution in [3.63, 3.8) is 0 Å². The molecule has 1 atom stereocenters. The Morgan fingerprint density at radius 3 is 2.73 bits per heavy atom. The fraction of sp³-hybridized carbons (Fsp3) is 0.105. The number of hydrogen-bond acceptors (Lipinski definition) is 8. The molecule has 0 bridgehead atoms. The van der Waals surface area contributed by atoms with Gasteiger partial charge < -0.3 is 9.63 Å². The molecule has 1 aromatic carbocycles. The van der Waals surface area contributed by atoms with Crippen LogP contribution in [0.2, 0.25) is 5.02 Å². The van der Waals surface area contributed by atoms with Crippen molar-refractivity contribution >= 4 is 40.0 Å². The van der Waals surface area contributed by atoms with Crippen LogP contribution in [0.25, 0.3) is 17.0 Å². The van der Waals surface area contributed by atoms with Gasteiger partial charge in [-0.05, 0) is 19.1 Å². The Labute approximate surface area is 178 Å². The smallest absolute Gasteiger partial charge is 0.272 e. The van der Waals surface area contributed by atoms with Crippen LogP contribution >= 0.6 is 11.6 Å². The number of anilines is 1. The van der Waals surface area contributed by atoms with Crippen molar-refractivity contribution in [3.05, 3.63) is 58.6 Å². The van der Waals surface area contributed by atoms with Crippen LogP contribution in [0.3, 0.4) is 0 Å². The number of nitrogens with one attached hydrogen (secondary N) is 1. The molecule has 0 spiro atoms. The summed E-state index contributed by atoms with van der Waals surface area (Å²) in [5.74, 6) is -1.43. The maximum Gasteiger partial charge on any atom is 0.272 e. The first-order valence-corrected chi connectivity index (χ1v) is 10.3. The molecule has 0 aliphatic carbocycles. The molecule has 1 amide bonds. The number of nitriles is 1. The highest BCUT2D eigenvalue weighted by molar-refractivity contribution is 7.84. The molecule has 0 aliphatic heterocycles. The molecule has 2 heterocycles. The average molecular weight is 444 g/mol. The Balaban J connectivity index is 2.00. The highest BCUT2D eigenvalue weighted by Crippen LogP contribution is 2.27. The summed E-state index contributed by atoms with van der Waals surface area (Å²) in [6.45, 7) is 1.52. The van der Waals surface area contributed by atoms with Crippen LogP contribution in [0.1, 0.15) is 11.3 Å². The van der Waals surface area contributed by atoms with Crippen LogP contribution in [0.15, 0.2) is 51.7 Å². The molecule has 0 fully saturated rings. The molecular weight excluding hydrogens is 430 g/mol. The third-order valence-corrected chi connectivity index (χ3v) is 5.12. The summed E-state index contributed by atoms with van der Waals surface area (Å²) >= 11 is 6.04. The maximum atomic E-state index is 12.5. The standard InChI is InChI=1S/C19H14ClN5O4S/c1-10-14(8-23-29-10)17(26)13(7-21)18(27)25-19-22-9-15(30(2)28)16(24-19)11-4-3-5-12(20)6-11/h3-6,8-9,26H,1-2H3,(H,22,24,25,27)/b17-13-. The van der Waals surface area contributed by atoms with Crippen molar-refractivity contribution in [1.29, 1.82) is 5.26 Å². The first-order chi connectivity index (χ1) is 14.3. The van der Waals surface area contributed by atoms with Crippen molar-refractivity contribution in [2.45, 2.75) is 11.8 Å². The number of rotatable bonds is 5. The molecule has 2 aromatic heterocycles. The van der Waals surface area contributed by atoms with Crippen molar-refractivity contribution < 1.29 is 18.6 Å². The SMILES string of the molecule is Cc1oncc1/C(O)=C(\C#N)C(=O)Nc1ncc(S(C)=O)c(-c2cccc(Cl)c2)n1. The van der Waals surface area contributed by atoms with Gasteiger partial charge in [-0.25, -0.2) is 9.97 Å². The van der Waals surface area contributed by atoms with Crippen molar-refractivity contribution in [2.75, 3.05) is 11.6 Å². The summed E-state index contributed by atoms with van der Waals surface area (Å²) in [5.41, 5.74) is 0.422. The minimum atomic E-state index is -1.41. The summed E-state index contributed by atoms with van der Waals surface area (Å²) in [5, 5.41) is 25.9. The van der Waals surface area contributed by atoms with Gasteiger partial charge in [-0.1, -0.05) is 28.9 Å². The first kappa shape index (κ1) is 21.2. The highest BCUT2D eigenvalue weighted by Gasteiger charge is 2.21. The van der Waals surface area contributed by atoms with Gasteiger partial charge in [0.2, 0.25) is 5.95 Å². The molecule has 0 radical (unpaired) electrons. The quantitative estimate of drug-likeness (QED) is 0.347. The van der Waals surface area contributed by atoms with Gasteiger partial charge >= 0.3 is 0 Å². The van der Waals surface area contributed by atoms with E-state index in [9.17, 15) is 19.4 Å². The Bertz CT molecular complexity index is 1230. The maximum absolute atomic E-state index is 12.5. The number of carbonyl (C=O) groups excluding carboxylic acids is 1. The monoisotopic (exact) mass is 443 g/mol. The van der Waals surface area contributed by atoms with Crippen molar-refractivity contribution in [2.24, 2.45) is 0 Å². The number of aliphatic hydroxyl groups excluding tert-OH is 1. The minimum absolute atomic E-state index is 0.110. The lowest BCUT2D eigenvalue weighted by Gasteiger charge is -2.10.